The van der Waals surface area contributed by atoms with Gasteiger partial charge in [0, 0.05) is 12.1 Å². The molecule has 0 saturated carbocycles. The second-order valence-corrected chi connectivity index (χ2v) is 5.66. The second kappa shape index (κ2) is 7.17. The van der Waals surface area contributed by atoms with Crippen molar-refractivity contribution in [3.05, 3.63) is 0 Å². The number of ether oxygens (including phenoxy) is 2. The lowest BCUT2D eigenvalue weighted by molar-refractivity contribution is -0.160. The Bertz CT molecular complexity index is 353. The standard InChI is InChI=1S/C13H24N2O6/c1-7(5-16)14-11(18)9-10(21-13(3,4)20-9)12(19)15-8(2)6-17/h7-10,16-17H,5-6H2,1-4H3,(H,14,18)(H,15,19)/t7-,8-,9+,10+/m0/s1. The van der Waals surface area contributed by atoms with Gasteiger partial charge in [0.25, 0.3) is 11.8 Å². The predicted molar refractivity (Wildman–Crippen MR) is 73.2 cm³/mol. The maximum Gasteiger partial charge on any atom is 0.252 e. The zero-order valence-electron chi connectivity index (χ0n) is 12.8. The van der Waals surface area contributed by atoms with E-state index in [1.165, 1.54) is 0 Å². The van der Waals surface area contributed by atoms with E-state index in [2.05, 4.69) is 10.6 Å². The first-order valence-electron chi connectivity index (χ1n) is 6.88. The SMILES string of the molecule is C[C@@H](CO)NC(=O)[C@@H]1OC(C)(C)O[C@H]1C(=O)N[C@@H](C)CO. The molecule has 2 amide bonds. The lowest BCUT2D eigenvalue weighted by atomic mass is 10.1. The van der Waals surface area contributed by atoms with Crippen LogP contribution < -0.4 is 10.6 Å². The lowest BCUT2D eigenvalue weighted by Gasteiger charge is -2.20. The van der Waals surface area contributed by atoms with Crippen LogP contribution in [0.3, 0.4) is 0 Å². The van der Waals surface area contributed by atoms with Crippen LogP contribution in [0.25, 0.3) is 0 Å². The molecule has 0 aromatic carbocycles. The van der Waals surface area contributed by atoms with Crippen molar-refractivity contribution in [2.75, 3.05) is 13.2 Å². The van der Waals surface area contributed by atoms with Gasteiger partial charge in [0.1, 0.15) is 0 Å². The van der Waals surface area contributed by atoms with Crippen molar-refractivity contribution >= 4 is 11.8 Å². The Balaban J connectivity index is 2.79. The predicted octanol–water partition coefficient (Wildman–Crippen LogP) is -1.50. The van der Waals surface area contributed by atoms with Crippen molar-refractivity contribution in [3.63, 3.8) is 0 Å². The van der Waals surface area contributed by atoms with Crippen molar-refractivity contribution in [2.24, 2.45) is 0 Å². The summed E-state index contributed by atoms with van der Waals surface area (Å²) >= 11 is 0. The van der Waals surface area contributed by atoms with E-state index >= 15 is 0 Å². The van der Waals surface area contributed by atoms with Crippen LogP contribution in [-0.2, 0) is 19.1 Å². The summed E-state index contributed by atoms with van der Waals surface area (Å²) in [7, 11) is 0. The molecule has 1 heterocycles. The van der Waals surface area contributed by atoms with Gasteiger partial charge in [-0.3, -0.25) is 9.59 Å². The van der Waals surface area contributed by atoms with Crippen LogP contribution >= 0.6 is 0 Å². The highest BCUT2D eigenvalue weighted by Gasteiger charge is 2.49. The Kier molecular flexibility index (Phi) is 6.09. The number of aliphatic hydroxyl groups is 2. The molecule has 1 saturated heterocycles. The fourth-order valence-electron chi connectivity index (χ4n) is 1.89. The van der Waals surface area contributed by atoms with Crippen molar-refractivity contribution < 1.29 is 29.3 Å². The fourth-order valence-corrected chi connectivity index (χ4v) is 1.89. The molecule has 4 atom stereocenters. The molecule has 0 radical (unpaired) electrons. The molecule has 0 bridgehead atoms. The van der Waals surface area contributed by atoms with Crippen LogP contribution in [0.1, 0.15) is 27.7 Å². The Hall–Kier alpha value is -1.22. The van der Waals surface area contributed by atoms with Crippen LogP contribution in [0.5, 0.6) is 0 Å². The van der Waals surface area contributed by atoms with E-state index in [1.54, 1.807) is 27.7 Å². The summed E-state index contributed by atoms with van der Waals surface area (Å²) in [5.74, 6) is -2.13. The molecule has 122 valence electrons. The van der Waals surface area contributed by atoms with Crippen LogP contribution in [0, 0.1) is 0 Å². The molecule has 8 heteroatoms. The monoisotopic (exact) mass is 304 g/mol. The molecule has 1 aliphatic rings. The average molecular weight is 304 g/mol. The maximum absolute atomic E-state index is 12.1. The van der Waals surface area contributed by atoms with E-state index < -0.39 is 41.9 Å². The zero-order chi connectivity index (χ0) is 16.2. The number of carbonyl (C=O) groups excluding carboxylic acids is 2. The molecule has 0 spiro atoms. The Morgan fingerprint density at radius 2 is 1.33 bits per heavy atom. The van der Waals surface area contributed by atoms with Gasteiger partial charge in [0.2, 0.25) is 0 Å². The van der Waals surface area contributed by atoms with Crippen molar-refractivity contribution in [1.29, 1.82) is 0 Å². The Labute approximate surface area is 123 Å². The first-order chi connectivity index (χ1) is 9.70. The zero-order valence-corrected chi connectivity index (χ0v) is 12.8. The van der Waals surface area contributed by atoms with E-state index in [0.29, 0.717) is 0 Å². The van der Waals surface area contributed by atoms with E-state index in [0.717, 1.165) is 0 Å². The summed E-state index contributed by atoms with van der Waals surface area (Å²) in [5.41, 5.74) is 0. The van der Waals surface area contributed by atoms with Gasteiger partial charge >= 0.3 is 0 Å². The summed E-state index contributed by atoms with van der Waals surface area (Å²) < 4.78 is 10.9. The molecular weight excluding hydrogens is 280 g/mol. The summed E-state index contributed by atoms with van der Waals surface area (Å²) in [5, 5.41) is 23.0. The Morgan fingerprint density at radius 3 is 1.62 bits per heavy atom. The topological polar surface area (TPSA) is 117 Å². The molecule has 0 aliphatic carbocycles. The van der Waals surface area contributed by atoms with Gasteiger partial charge in [-0.25, -0.2) is 0 Å². The first kappa shape index (κ1) is 17.8. The number of amides is 2. The molecule has 4 N–H and O–H groups in total. The van der Waals surface area contributed by atoms with Gasteiger partial charge in [-0.15, -0.1) is 0 Å². The molecule has 1 aliphatic heterocycles. The molecule has 21 heavy (non-hydrogen) atoms. The van der Waals surface area contributed by atoms with Crippen LogP contribution in [0.4, 0.5) is 0 Å². The molecule has 1 fully saturated rings. The summed E-state index contributed by atoms with van der Waals surface area (Å²) in [6, 6.07) is -0.908. The van der Waals surface area contributed by atoms with E-state index in [9.17, 15) is 9.59 Å². The maximum atomic E-state index is 12.1. The van der Waals surface area contributed by atoms with Gasteiger partial charge in [0.15, 0.2) is 18.0 Å². The molecule has 8 nitrogen and oxygen atoms in total. The van der Waals surface area contributed by atoms with Gasteiger partial charge in [-0.2, -0.15) is 0 Å². The lowest BCUT2D eigenvalue weighted by Crippen LogP contribution is -2.51. The smallest absolute Gasteiger partial charge is 0.252 e. The normalized spacial score (nSPS) is 27.0. The third kappa shape index (κ3) is 4.92. The number of nitrogens with one attached hydrogen (secondary N) is 2. The van der Waals surface area contributed by atoms with Gasteiger partial charge < -0.3 is 30.3 Å². The van der Waals surface area contributed by atoms with Crippen LogP contribution in [0.2, 0.25) is 0 Å². The van der Waals surface area contributed by atoms with E-state index in [1.807, 2.05) is 0 Å². The van der Waals surface area contributed by atoms with Gasteiger partial charge in [0.05, 0.1) is 13.2 Å². The van der Waals surface area contributed by atoms with Gasteiger partial charge in [-0.1, -0.05) is 0 Å². The largest absolute Gasteiger partial charge is 0.394 e. The number of carbonyl (C=O) groups is 2. The molecular formula is C13H24N2O6. The molecule has 1 rings (SSSR count). The van der Waals surface area contributed by atoms with Crippen LogP contribution in [-0.4, -0.2) is 65.3 Å². The number of aliphatic hydroxyl groups excluding tert-OH is 2. The van der Waals surface area contributed by atoms with Gasteiger partial charge in [-0.05, 0) is 27.7 Å². The van der Waals surface area contributed by atoms with Crippen LogP contribution in [0.15, 0.2) is 0 Å². The van der Waals surface area contributed by atoms with Crippen molar-refractivity contribution in [3.8, 4) is 0 Å². The minimum absolute atomic E-state index is 0.221. The molecule has 0 unspecified atom stereocenters. The highest BCUT2D eigenvalue weighted by Crippen LogP contribution is 2.28. The summed E-state index contributed by atoms with van der Waals surface area (Å²) in [6.45, 7) is 6.02. The summed E-state index contributed by atoms with van der Waals surface area (Å²) in [6.07, 6.45) is -2.22. The molecule has 0 aromatic heterocycles. The quantitative estimate of drug-likeness (QED) is 0.474. The summed E-state index contributed by atoms with van der Waals surface area (Å²) in [4.78, 5) is 24.2. The Morgan fingerprint density at radius 1 is 1.00 bits per heavy atom. The average Bonchev–Trinajstić information content (AvgIpc) is 2.74. The number of rotatable bonds is 6. The molecule has 0 aromatic rings. The van der Waals surface area contributed by atoms with E-state index in [-0.39, 0.29) is 13.2 Å². The number of hydrogen-bond acceptors (Lipinski definition) is 6. The highest BCUT2D eigenvalue weighted by atomic mass is 16.8. The fraction of sp³-hybridized carbons (Fsp3) is 0.846. The third-order valence-electron chi connectivity index (χ3n) is 2.94. The third-order valence-corrected chi connectivity index (χ3v) is 2.94. The second-order valence-electron chi connectivity index (χ2n) is 5.66. The minimum Gasteiger partial charge on any atom is -0.394 e. The van der Waals surface area contributed by atoms with E-state index in [4.69, 9.17) is 19.7 Å². The van der Waals surface area contributed by atoms with Crippen molar-refractivity contribution in [2.45, 2.75) is 57.8 Å². The first-order valence-corrected chi connectivity index (χ1v) is 6.88. The number of hydrogen-bond donors (Lipinski definition) is 4. The highest BCUT2D eigenvalue weighted by molar-refractivity contribution is 5.91. The van der Waals surface area contributed by atoms with Crippen molar-refractivity contribution in [1.82, 2.24) is 10.6 Å². The minimum atomic E-state index is -1.11.